The highest BCUT2D eigenvalue weighted by molar-refractivity contribution is 7.99. The predicted molar refractivity (Wildman–Crippen MR) is 86.3 cm³/mol. The van der Waals surface area contributed by atoms with Gasteiger partial charge in [-0.3, -0.25) is 5.32 Å². The van der Waals surface area contributed by atoms with Crippen molar-refractivity contribution >= 4 is 22.9 Å². The zero-order chi connectivity index (χ0) is 15.3. The molecule has 0 aliphatic rings. The lowest BCUT2D eigenvalue weighted by Crippen LogP contribution is -2.43. The molecule has 1 aromatic carbocycles. The van der Waals surface area contributed by atoms with Gasteiger partial charge < -0.3 is 4.42 Å². The number of para-hydroxylation sites is 2. The van der Waals surface area contributed by atoms with Crippen molar-refractivity contribution in [3.63, 3.8) is 0 Å². The van der Waals surface area contributed by atoms with E-state index in [4.69, 9.17) is 4.42 Å². The van der Waals surface area contributed by atoms with E-state index < -0.39 is 5.54 Å². The maximum atomic E-state index is 9.38. The van der Waals surface area contributed by atoms with Crippen LogP contribution in [-0.4, -0.2) is 22.3 Å². The van der Waals surface area contributed by atoms with Crippen molar-refractivity contribution in [3.8, 4) is 6.07 Å². The van der Waals surface area contributed by atoms with Crippen LogP contribution in [0.15, 0.2) is 33.9 Å². The molecule has 2 unspecified atom stereocenters. The lowest BCUT2D eigenvalue weighted by atomic mass is 9.98. The van der Waals surface area contributed by atoms with E-state index in [2.05, 4.69) is 30.2 Å². The first kappa shape index (κ1) is 15.9. The van der Waals surface area contributed by atoms with E-state index in [9.17, 15) is 5.26 Å². The van der Waals surface area contributed by atoms with Crippen LogP contribution in [0.25, 0.3) is 11.1 Å². The molecule has 1 heterocycles. The van der Waals surface area contributed by atoms with Gasteiger partial charge in [0.25, 0.3) is 5.22 Å². The summed E-state index contributed by atoms with van der Waals surface area (Å²) >= 11 is 1.58. The highest BCUT2D eigenvalue weighted by atomic mass is 32.2. The molecule has 0 amide bonds. The van der Waals surface area contributed by atoms with Gasteiger partial charge in [-0.15, -0.1) is 0 Å². The summed E-state index contributed by atoms with van der Waals surface area (Å²) in [5.74, 6) is 0. The first-order valence-electron chi connectivity index (χ1n) is 7.25. The van der Waals surface area contributed by atoms with Crippen LogP contribution >= 0.6 is 11.8 Å². The minimum Gasteiger partial charge on any atom is -0.431 e. The molecule has 0 fully saturated rings. The van der Waals surface area contributed by atoms with Gasteiger partial charge >= 0.3 is 0 Å². The molecule has 1 N–H and O–H groups in total. The zero-order valence-electron chi connectivity index (χ0n) is 12.7. The van der Waals surface area contributed by atoms with E-state index in [-0.39, 0.29) is 5.25 Å². The third-order valence-electron chi connectivity index (χ3n) is 3.28. The Morgan fingerprint density at radius 1 is 1.48 bits per heavy atom. The van der Waals surface area contributed by atoms with Gasteiger partial charge in [-0.2, -0.15) is 5.26 Å². The molecular weight excluding hydrogens is 282 g/mol. The summed E-state index contributed by atoms with van der Waals surface area (Å²) in [6.07, 6.45) is 1.76. The quantitative estimate of drug-likeness (QED) is 0.784. The summed E-state index contributed by atoms with van der Waals surface area (Å²) in [7, 11) is 0. The minimum atomic E-state index is -0.506. The molecule has 0 spiro atoms. The van der Waals surface area contributed by atoms with Crippen LogP contribution in [0.4, 0.5) is 0 Å². The number of nitriles is 1. The van der Waals surface area contributed by atoms with E-state index in [0.717, 1.165) is 30.5 Å². The van der Waals surface area contributed by atoms with Crippen LogP contribution in [0.1, 0.15) is 33.6 Å². The molecule has 2 aromatic rings. The molecule has 112 valence electrons. The molecular formula is C16H21N3OS. The fourth-order valence-corrected chi connectivity index (χ4v) is 3.30. The Balaban J connectivity index is 2.00. The van der Waals surface area contributed by atoms with Crippen molar-refractivity contribution in [1.82, 2.24) is 10.3 Å². The van der Waals surface area contributed by atoms with Crippen molar-refractivity contribution in [2.24, 2.45) is 0 Å². The van der Waals surface area contributed by atoms with Crippen molar-refractivity contribution in [2.45, 2.75) is 49.6 Å². The van der Waals surface area contributed by atoms with Gasteiger partial charge in [-0.25, -0.2) is 4.98 Å². The monoisotopic (exact) mass is 303 g/mol. The third-order valence-corrected chi connectivity index (χ3v) is 4.23. The van der Waals surface area contributed by atoms with E-state index in [0.29, 0.717) is 5.22 Å². The lowest BCUT2D eigenvalue weighted by molar-refractivity contribution is 0.416. The molecule has 0 saturated carbocycles. The Bertz CT molecular complexity index is 601. The summed E-state index contributed by atoms with van der Waals surface area (Å²) in [6.45, 7) is 7.00. The van der Waals surface area contributed by atoms with Gasteiger partial charge in [0.1, 0.15) is 11.1 Å². The van der Waals surface area contributed by atoms with Crippen LogP contribution in [0.3, 0.4) is 0 Å². The second kappa shape index (κ2) is 6.97. The third kappa shape index (κ3) is 4.23. The van der Waals surface area contributed by atoms with Gasteiger partial charge in [0, 0.05) is 5.25 Å². The summed E-state index contributed by atoms with van der Waals surface area (Å²) in [4.78, 5) is 4.46. The normalized spacial score (nSPS) is 15.5. The average Bonchev–Trinajstić information content (AvgIpc) is 2.87. The summed E-state index contributed by atoms with van der Waals surface area (Å²) in [5.41, 5.74) is 1.17. The fraction of sp³-hybridized carbons (Fsp3) is 0.500. The molecule has 0 saturated heterocycles. The molecule has 2 rings (SSSR count). The average molecular weight is 303 g/mol. The van der Waals surface area contributed by atoms with E-state index in [1.165, 1.54) is 0 Å². The Kier molecular flexibility index (Phi) is 5.27. The van der Waals surface area contributed by atoms with Crippen molar-refractivity contribution < 1.29 is 4.42 Å². The number of hydrogen-bond donors (Lipinski definition) is 1. The molecule has 0 aliphatic carbocycles. The van der Waals surface area contributed by atoms with Crippen LogP contribution in [0.2, 0.25) is 0 Å². The van der Waals surface area contributed by atoms with Crippen molar-refractivity contribution in [3.05, 3.63) is 24.3 Å². The Morgan fingerprint density at radius 2 is 2.24 bits per heavy atom. The molecule has 21 heavy (non-hydrogen) atoms. The number of rotatable bonds is 7. The van der Waals surface area contributed by atoms with Gasteiger partial charge in [0.15, 0.2) is 5.58 Å². The number of thioether (sulfide) groups is 1. The Labute approximate surface area is 129 Å². The topological polar surface area (TPSA) is 61.9 Å². The van der Waals surface area contributed by atoms with E-state index in [1.54, 1.807) is 11.8 Å². The predicted octanol–water partition coefficient (Wildman–Crippen LogP) is 3.98. The van der Waals surface area contributed by atoms with Crippen LogP contribution < -0.4 is 5.32 Å². The molecule has 0 aliphatic heterocycles. The SMILES string of the molecule is CCCNC(C)(C#N)CC(C)Sc1nc2ccccc2o1. The van der Waals surface area contributed by atoms with Crippen LogP contribution in [-0.2, 0) is 0 Å². The minimum absolute atomic E-state index is 0.243. The van der Waals surface area contributed by atoms with Crippen LogP contribution in [0.5, 0.6) is 0 Å². The molecule has 1 aromatic heterocycles. The first-order valence-corrected chi connectivity index (χ1v) is 8.13. The Morgan fingerprint density at radius 3 is 2.90 bits per heavy atom. The first-order chi connectivity index (χ1) is 10.1. The number of aromatic nitrogens is 1. The molecule has 0 radical (unpaired) electrons. The maximum Gasteiger partial charge on any atom is 0.256 e. The van der Waals surface area contributed by atoms with Gasteiger partial charge in [-0.1, -0.05) is 37.7 Å². The molecule has 4 nitrogen and oxygen atoms in total. The van der Waals surface area contributed by atoms with Crippen LogP contribution in [0, 0.1) is 11.3 Å². The standard InChI is InChI=1S/C16H21N3OS/c1-4-9-18-16(3,11-17)10-12(2)21-15-19-13-7-5-6-8-14(13)20-15/h5-8,12,18H,4,9-10H2,1-3H3. The number of nitrogens with zero attached hydrogens (tertiary/aromatic N) is 2. The fourth-order valence-electron chi connectivity index (χ4n) is 2.25. The van der Waals surface area contributed by atoms with E-state index in [1.807, 2.05) is 31.2 Å². The maximum absolute atomic E-state index is 9.38. The number of benzene rings is 1. The number of fused-ring (bicyclic) bond motifs is 1. The highest BCUT2D eigenvalue weighted by Gasteiger charge is 2.26. The van der Waals surface area contributed by atoms with Gasteiger partial charge in [-0.05, 0) is 38.4 Å². The van der Waals surface area contributed by atoms with Gasteiger partial charge in [0.05, 0.1) is 6.07 Å². The zero-order valence-corrected chi connectivity index (χ0v) is 13.5. The summed E-state index contributed by atoms with van der Waals surface area (Å²) in [5, 5.41) is 13.6. The lowest BCUT2D eigenvalue weighted by Gasteiger charge is -2.25. The second-order valence-corrected chi connectivity index (χ2v) is 6.84. The molecule has 2 atom stereocenters. The number of nitrogens with one attached hydrogen (secondary N) is 1. The molecule has 0 bridgehead atoms. The highest BCUT2D eigenvalue weighted by Crippen LogP contribution is 2.30. The van der Waals surface area contributed by atoms with Crippen molar-refractivity contribution in [1.29, 1.82) is 5.26 Å². The number of hydrogen-bond acceptors (Lipinski definition) is 5. The largest absolute Gasteiger partial charge is 0.431 e. The van der Waals surface area contributed by atoms with E-state index >= 15 is 0 Å². The summed E-state index contributed by atoms with van der Waals surface area (Å²) in [6, 6.07) is 10.1. The second-order valence-electron chi connectivity index (χ2n) is 5.45. The number of oxazole rings is 1. The van der Waals surface area contributed by atoms with Gasteiger partial charge in [0.2, 0.25) is 0 Å². The van der Waals surface area contributed by atoms with Crippen molar-refractivity contribution in [2.75, 3.05) is 6.54 Å². The Hall–Kier alpha value is -1.51. The molecule has 5 heteroatoms. The smallest absolute Gasteiger partial charge is 0.256 e. The summed E-state index contributed by atoms with van der Waals surface area (Å²) < 4.78 is 5.72.